The Hall–Kier alpha value is -0.280. The molecule has 0 bridgehead atoms. The van der Waals surface area contributed by atoms with Crippen molar-refractivity contribution in [2.24, 2.45) is 29.4 Å². The number of carbonyl (C=O) groups excluding carboxylic acids is 1. The van der Waals surface area contributed by atoms with Gasteiger partial charge in [-0.25, -0.2) is 0 Å². The predicted molar refractivity (Wildman–Crippen MR) is 85.9 cm³/mol. The summed E-state index contributed by atoms with van der Waals surface area (Å²) in [6.45, 7) is 5.27. The first-order valence-electron chi connectivity index (χ1n) is 8.12. The van der Waals surface area contributed by atoms with Gasteiger partial charge >= 0.3 is 0 Å². The van der Waals surface area contributed by atoms with Crippen molar-refractivity contribution in [2.75, 3.05) is 6.54 Å². The Labute approximate surface area is 129 Å². The molecule has 2 fully saturated rings. The third-order valence-electron chi connectivity index (χ3n) is 5.30. The van der Waals surface area contributed by atoms with E-state index in [1.807, 2.05) is 0 Å². The Bertz CT molecular complexity index is 309. The largest absolute Gasteiger partial charge is 0.353 e. The molecule has 0 radical (unpaired) electrons. The SMILES string of the molecule is CC(C)C1CCCC(NC(=O)[C@@H]2CCC[C@@H]2CN)C1.Cl. The monoisotopic (exact) mass is 302 g/mol. The van der Waals surface area contributed by atoms with Crippen LogP contribution in [0.2, 0.25) is 0 Å². The second-order valence-corrected chi connectivity index (χ2v) is 6.91. The average Bonchev–Trinajstić information content (AvgIpc) is 2.87. The lowest BCUT2D eigenvalue weighted by Gasteiger charge is -2.33. The molecule has 4 atom stereocenters. The van der Waals surface area contributed by atoms with Crippen LogP contribution in [0.25, 0.3) is 0 Å². The summed E-state index contributed by atoms with van der Waals surface area (Å²) in [5, 5.41) is 3.32. The van der Waals surface area contributed by atoms with Crippen molar-refractivity contribution in [3.05, 3.63) is 0 Å². The van der Waals surface area contributed by atoms with Crippen molar-refractivity contribution in [1.29, 1.82) is 0 Å². The molecule has 2 rings (SSSR count). The first-order chi connectivity index (χ1) is 9.11. The summed E-state index contributed by atoms with van der Waals surface area (Å²) in [5.74, 6) is 2.41. The highest BCUT2D eigenvalue weighted by atomic mass is 35.5. The molecule has 4 heteroatoms. The van der Waals surface area contributed by atoms with Gasteiger partial charge in [-0.3, -0.25) is 4.79 Å². The standard InChI is InChI=1S/C16H30N2O.ClH/c1-11(2)12-5-3-7-14(9-12)18-16(19)15-8-4-6-13(15)10-17;/h11-15H,3-10,17H2,1-2H3,(H,18,19);1H/t12?,13-,14?,15-;/m1./s1. The van der Waals surface area contributed by atoms with Crippen LogP contribution in [0.4, 0.5) is 0 Å². The van der Waals surface area contributed by atoms with Crippen molar-refractivity contribution in [3.63, 3.8) is 0 Å². The minimum Gasteiger partial charge on any atom is -0.353 e. The molecule has 3 N–H and O–H groups in total. The van der Waals surface area contributed by atoms with Crippen LogP contribution in [0.15, 0.2) is 0 Å². The number of rotatable bonds is 4. The molecule has 20 heavy (non-hydrogen) atoms. The second kappa shape index (κ2) is 8.23. The van der Waals surface area contributed by atoms with Crippen molar-refractivity contribution in [3.8, 4) is 0 Å². The minimum absolute atomic E-state index is 0. The summed E-state index contributed by atoms with van der Waals surface area (Å²) >= 11 is 0. The van der Waals surface area contributed by atoms with Gasteiger partial charge in [0.15, 0.2) is 0 Å². The van der Waals surface area contributed by atoms with E-state index in [0.717, 1.165) is 31.1 Å². The van der Waals surface area contributed by atoms with Crippen molar-refractivity contribution >= 4 is 18.3 Å². The maximum absolute atomic E-state index is 12.4. The van der Waals surface area contributed by atoms with E-state index in [-0.39, 0.29) is 24.2 Å². The number of carbonyl (C=O) groups is 1. The molecule has 0 aliphatic heterocycles. The van der Waals surface area contributed by atoms with Crippen LogP contribution in [0, 0.1) is 23.7 Å². The molecule has 118 valence electrons. The molecule has 0 aromatic rings. The van der Waals surface area contributed by atoms with E-state index in [0.29, 0.717) is 18.5 Å². The highest BCUT2D eigenvalue weighted by Gasteiger charge is 2.34. The van der Waals surface area contributed by atoms with Crippen molar-refractivity contribution in [1.82, 2.24) is 5.32 Å². The van der Waals surface area contributed by atoms with Crippen LogP contribution >= 0.6 is 12.4 Å². The Kier molecular flexibility index (Phi) is 7.32. The molecular formula is C16H31ClN2O. The first kappa shape index (κ1) is 17.8. The fraction of sp³-hybridized carbons (Fsp3) is 0.938. The summed E-state index contributed by atoms with van der Waals surface area (Å²) in [4.78, 5) is 12.4. The average molecular weight is 303 g/mol. The maximum atomic E-state index is 12.4. The normalized spacial score (nSPS) is 33.8. The van der Waals surface area contributed by atoms with Gasteiger partial charge in [-0.15, -0.1) is 12.4 Å². The summed E-state index contributed by atoms with van der Waals surface area (Å²) < 4.78 is 0. The van der Waals surface area contributed by atoms with E-state index in [9.17, 15) is 4.79 Å². The summed E-state index contributed by atoms with van der Waals surface area (Å²) in [7, 11) is 0. The van der Waals surface area contributed by atoms with Crippen LogP contribution in [0.5, 0.6) is 0 Å². The highest BCUT2D eigenvalue weighted by Crippen LogP contribution is 2.33. The first-order valence-corrected chi connectivity index (χ1v) is 8.12. The molecule has 0 aromatic heterocycles. The quantitative estimate of drug-likeness (QED) is 0.838. The number of nitrogens with two attached hydrogens (primary N) is 1. The van der Waals surface area contributed by atoms with Crippen LogP contribution in [0.1, 0.15) is 58.8 Å². The van der Waals surface area contributed by atoms with E-state index >= 15 is 0 Å². The van der Waals surface area contributed by atoms with Gasteiger partial charge in [-0.2, -0.15) is 0 Å². The van der Waals surface area contributed by atoms with E-state index in [2.05, 4.69) is 19.2 Å². The zero-order chi connectivity index (χ0) is 13.8. The number of halogens is 1. The molecule has 2 aliphatic rings. The zero-order valence-corrected chi connectivity index (χ0v) is 13.8. The molecule has 0 spiro atoms. The molecule has 2 saturated carbocycles. The van der Waals surface area contributed by atoms with Gasteiger partial charge in [0, 0.05) is 12.0 Å². The topological polar surface area (TPSA) is 55.1 Å². The van der Waals surface area contributed by atoms with Gasteiger partial charge in [0.05, 0.1) is 0 Å². The fourth-order valence-corrected chi connectivity index (χ4v) is 3.94. The van der Waals surface area contributed by atoms with Crippen molar-refractivity contribution in [2.45, 2.75) is 64.8 Å². The molecule has 2 aliphatic carbocycles. The predicted octanol–water partition coefficient (Wildman–Crippen LogP) is 3.11. The molecule has 0 heterocycles. The van der Waals surface area contributed by atoms with Crippen LogP contribution in [-0.4, -0.2) is 18.5 Å². The smallest absolute Gasteiger partial charge is 0.223 e. The fourth-order valence-electron chi connectivity index (χ4n) is 3.94. The Morgan fingerprint density at radius 3 is 2.55 bits per heavy atom. The van der Waals surface area contributed by atoms with E-state index in [1.165, 1.54) is 25.7 Å². The minimum atomic E-state index is 0. The number of hydrogen-bond acceptors (Lipinski definition) is 2. The van der Waals surface area contributed by atoms with Gasteiger partial charge in [0.2, 0.25) is 5.91 Å². The molecule has 3 nitrogen and oxygen atoms in total. The molecule has 1 amide bonds. The third-order valence-corrected chi connectivity index (χ3v) is 5.30. The molecule has 0 saturated heterocycles. The van der Waals surface area contributed by atoms with E-state index in [4.69, 9.17) is 5.73 Å². The van der Waals surface area contributed by atoms with Gasteiger partial charge in [0.25, 0.3) is 0 Å². The lowest BCUT2D eigenvalue weighted by atomic mass is 9.79. The Morgan fingerprint density at radius 2 is 1.90 bits per heavy atom. The van der Waals surface area contributed by atoms with E-state index in [1.54, 1.807) is 0 Å². The van der Waals surface area contributed by atoms with Crippen LogP contribution in [-0.2, 0) is 4.79 Å². The maximum Gasteiger partial charge on any atom is 0.223 e. The second-order valence-electron chi connectivity index (χ2n) is 6.91. The molecular weight excluding hydrogens is 272 g/mol. The summed E-state index contributed by atoms with van der Waals surface area (Å²) in [5.41, 5.74) is 5.78. The Morgan fingerprint density at radius 1 is 1.20 bits per heavy atom. The Balaban J connectivity index is 0.00000200. The summed E-state index contributed by atoms with van der Waals surface area (Å²) in [6.07, 6.45) is 8.26. The van der Waals surface area contributed by atoms with Crippen LogP contribution < -0.4 is 11.1 Å². The number of nitrogens with one attached hydrogen (secondary N) is 1. The summed E-state index contributed by atoms with van der Waals surface area (Å²) in [6, 6.07) is 0.410. The number of hydrogen-bond donors (Lipinski definition) is 2. The van der Waals surface area contributed by atoms with Gasteiger partial charge in [-0.1, -0.05) is 33.1 Å². The zero-order valence-electron chi connectivity index (χ0n) is 12.9. The molecule has 0 aromatic carbocycles. The molecule has 2 unspecified atom stereocenters. The van der Waals surface area contributed by atoms with Crippen LogP contribution in [0.3, 0.4) is 0 Å². The van der Waals surface area contributed by atoms with E-state index < -0.39 is 0 Å². The lowest BCUT2D eigenvalue weighted by molar-refractivity contribution is -0.127. The van der Waals surface area contributed by atoms with Gasteiger partial charge in [-0.05, 0) is 50.0 Å². The lowest BCUT2D eigenvalue weighted by Crippen LogP contribution is -2.43. The number of amides is 1. The highest BCUT2D eigenvalue weighted by molar-refractivity contribution is 5.85. The van der Waals surface area contributed by atoms with Gasteiger partial charge < -0.3 is 11.1 Å². The van der Waals surface area contributed by atoms with Crippen molar-refractivity contribution < 1.29 is 4.79 Å². The third kappa shape index (κ3) is 4.36. The van der Waals surface area contributed by atoms with Gasteiger partial charge in [0.1, 0.15) is 0 Å².